The Kier molecular flexibility index (Phi) is 6.37. The zero-order valence-corrected chi connectivity index (χ0v) is 19.3. The van der Waals surface area contributed by atoms with E-state index in [1.54, 1.807) is 12.1 Å². The molecule has 7 heteroatoms. The van der Waals surface area contributed by atoms with Crippen molar-refractivity contribution in [2.24, 2.45) is 5.92 Å². The molecular weight excluding hydrogens is 474 g/mol. The Bertz CT molecular complexity index is 1110. The summed E-state index contributed by atoms with van der Waals surface area (Å²) in [7, 11) is 1.45. The Balaban J connectivity index is 1.76. The van der Waals surface area contributed by atoms with Crippen molar-refractivity contribution < 1.29 is 24.2 Å². The number of nitrogens with one attached hydrogen (secondary N) is 1. The Morgan fingerprint density at radius 3 is 2.72 bits per heavy atom. The number of ether oxygens (including phenoxy) is 2. The third-order valence-electron chi connectivity index (χ3n) is 5.89. The van der Waals surface area contributed by atoms with Gasteiger partial charge in [-0.05, 0) is 52.0 Å². The molecule has 166 valence electrons. The van der Waals surface area contributed by atoms with Crippen LogP contribution in [0.4, 0.5) is 0 Å². The van der Waals surface area contributed by atoms with Crippen LogP contribution in [0.15, 0.2) is 70.5 Å². The van der Waals surface area contributed by atoms with E-state index in [0.717, 1.165) is 17.7 Å². The van der Waals surface area contributed by atoms with Crippen LogP contribution in [0, 0.1) is 5.92 Å². The fourth-order valence-electron chi connectivity index (χ4n) is 4.38. The second-order valence-corrected chi connectivity index (χ2v) is 8.78. The predicted molar refractivity (Wildman–Crippen MR) is 123 cm³/mol. The number of halogens is 1. The van der Waals surface area contributed by atoms with Crippen molar-refractivity contribution in [3.63, 3.8) is 0 Å². The van der Waals surface area contributed by atoms with Crippen molar-refractivity contribution in [3.05, 3.63) is 81.6 Å². The molecule has 0 saturated carbocycles. The SMILES string of the molecule is C=C1NC2=C(C(=O)CCC2)C(c2cc(Br)c(O)c(OC)c2)C1C(=O)OCc1ccccc1. The largest absolute Gasteiger partial charge is 0.503 e. The molecule has 2 aromatic rings. The summed E-state index contributed by atoms with van der Waals surface area (Å²) in [6.45, 7) is 4.22. The van der Waals surface area contributed by atoms with E-state index in [1.807, 2.05) is 30.3 Å². The number of hydrogen-bond acceptors (Lipinski definition) is 6. The van der Waals surface area contributed by atoms with Crippen LogP contribution in [0.3, 0.4) is 0 Å². The molecule has 2 atom stereocenters. The highest BCUT2D eigenvalue weighted by Gasteiger charge is 2.44. The summed E-state index contributed by atoms with van der Waals surface area (Å²) in [6, 6.07) is 12.8. The summed E-state index contributed by atoms with van der Waals surface area (Å²) in [4.78, 5) is 26.3. The van der Waals surface area contributed by atoms with Gasteiger partial charge in [0.1, 0.15) is 12.5 Å². The number of aromatic hydroxyl groups is 1. The number of phenols is 1. The van der Waals surface area contributed by atoms with Gasteiger partial charge in [0, 0.05) is 29.3 Å². The van der Waals surface area contributed by atoms with E-state index >= 15 is 0 Å². The first-order valence-corrected chi connectivity index (χ1v) is 11.2. The molecule has 1 aliphatic carbocycles. The molecule has 2 aliphatic rings. The first-order valence-electron chi connectivity index (χ1n) is 10.4. The van der Waals surface area contributed by atoms with E-state index in [9.17, 15) is 14.7 Å². The quantitative estimate of drug-likeness (QED) is 0.580. The summed E-state index contributed by atoms with van der Waals surface area (Å²) in [6.07, 6.45) is 1.88. The molecule has 0 fully saturated rings. The van der Waals surface area contributed by atoms with Crippen LogP contribution in [-0.2, 0) is 20.9 Å². The zero-order valence-electron chi connectivity index (χ0n) is 17.7. The van der Waals surface area contributed by atoms with Crippen LogP contribution in [0.1, 0.15) is 36.3 Å². The van der Waals surface area contributed by atoms with Gasteiger partial charge < -0.3 is 19.9 Å². The monoisotopic (exact) mass is 497 g/mol. The van der Waals surface area contributed by atoms with Gasteiger partial charge in [0.2, 0.25) is 0 Å². The van der Waals surface area contributed by atoms with E-state index in [-0.39, 0.29) is 23.9 Å². The molecule has 1 heterocycles. The molecule has 0 aromatic heterocycles. The van der Waals surface area contributed by atoms with Crippen LogP contribution in [0.5, 0.6) is 11.5 Å². The minimum atomic E-state index is -0.805. The standard InChI is InChI=1S/C25H24BrNO5/c1-14-21(25(30)32-13-15-7-4-3-5-8-15)22(23-18(27-14)9-6-10-19(23)28)16-11-17(26)24(29)20(12-16)31-2/h3-5,7-8,11-12,21-22,27,29H,1,6,9-10,13H2,2H3. The van der Waals surface area contributed by atoms with Crippen LogP contribution >= 0.6 is 15.9 Å². The number of Topliss-reactive ketones (excluding diaryl/α,β-unsaturated/α-hetero) is 1. The number of carbonyl (C=O) groups is 2. The van der Waals surface area contributed by atoms with E-state index in [2.05, 4.69) is 27.8 Å². The van der Waals surface area contributed by atoms with Crippen molar-refractivity contribution in [3.8, 4) is 11.5 Å². The molecule has 0 saturated heterocycles. The smallest absolute Gasteiger partial charge is 0.316 e. The minimum absolute atomic E-state index is 0.000253. The Morgan fingerprint density at radius 2 is 2.00 bits per heavy atom. The number of ketones is 1. The molecule has 0 bridgehead atoms. The molecular formula is C25H24BrNO5. The molecule has 2 N–H and O–H groups in total. The van der Waals surface area contributed by atoms with Gasteiger partial charge in [-0.2, -0.15) is 0 Å². The summed E-state index contributed by atoms with van der Waals surface area (Å²) in [5.41, 5.74) is 3.40. The predicted octanol–water partition coefficient (Wildman–Crippen LogP) is 4.73. The van der Waals surface area contributed by atoms with Gasteiger partial charge in [-0.15, -0.1) is 0 Å². The zero-order chi connectivity index (χ0) is 22.8. The average molecular weight is 498 g/mol. The second kappa shape index (κ2) is 9.20. The van der Waals surface area contributed by atoms with Gasteiger partial charge >= 0.3 is 5.97 Å². The summed E-state index contributed by atoms with van der Waals surface area (Å²) < 4.78 is 11.4. The Morgan fingerprint density at radius 1 is 1.25 bits per heavy atom. The summed E-state index contributed by atoms with van der Waals surface area (Å²) >= 11 is 3.36. The van der Waals surface area contributed by atoms with Gasteiger partial charge in [-0.3, -0.25) is 9.59 Å². The molecule has 0 radical (unpaired) electrons. The molecule has 2 aromatic carbocycles. The molecule has 2 unspecified atom stereocenters. The highest BCUT2D eigenvalue weighted by atomic mass is 79.9. The number of esters is 1. The number of methoxy groups -OCH3 is 1. The number of carbonyl (C=O) groups excluding carboxylic acids is 2. The maximum Gasteiger partial charge on any atom is 0.316 e. The normalized spacial score (nSPS) is 20.4. The van der Waals surface area contributed by atoms with Crippen molar-refractivity contribution in [2.45, 2.75) is 31.8 Å². The summed E-state index contributed by atoms with van der Waals surface area (Å²) in [5, 5.41) is 13.5. The molecule has 0 spiro atoms. The summed E-state index contributed by atoms with van der Waals surface area (Å²) in [5.74, 6) is -1.66. The lowest BCUT2D eigenvalue weighted by Crippen LogP contribution is -2.41. The molecule has 1 aliphatic heterocycles. The number of hydrogen-bond donors (Lipinski definition) is 2. The fourth-order valence-corrected chi connectivity index (χ4v) is 4.84. The van der Waals surface area contributed by atoms with Crippen molar-refractivity contribution in [2.75, 3.05) is 7.11 Å². The molecule has 6 nitrogen and oxygen atoms in total. The van der Waals surface area contributed by atoms with E-state index < -0.39 is 17.8 Å². The molecule has 4 rings (SSSR count). The van der Waals surface area contributed by atoms with Gasteiger partial charge in [0.05, 0.1) is 11.6 Å². The van der Waals surface area contributed by atoms with Crippen LogP contribution in [0.2, 0.25) is 0 Å². The first-order chi connectivity index (χ1) is 15.4. The minimum Gasteiger partial charge on any atom is -0.503 e. The number of allylic oxidation sites excluding steroid dienone is 2. The van der Waals surface area contributed by atoms with Gasteiger partial charge in [0.25, 0.3) is 0 Å². The van der Waals surface area contributed by atoms with Crippen molar-refractivity contribution >= 4 is 27.7 Å². The average Bonchev–Trinajstić information content (AvgIpc) is 2.79. The lowest BCUT2D eigenvalue weighted by atomic mass is 9.71. The maximum absolute atomic E-state index is 13.3. The van der Waals surface area contributed by atoms with Gasteiger partial charge in [-0.1, -0.05) is 36.9 Å². The lowest BCUT2D eigenvalue weighted by Gasteiger charge is -2.38. The molecule has 32 heavy (non-hydrogen) atoms. The van der Waals surface area contributed by atoms with Gasteiger partial charge in [0.15, 0.2) is 17.3 Å². The van der Waals surface area contributed by atoms with Crippen LogP contribution in [-0.4, -0.2) is 24.0 Å². The third kappa shape index (κ3) is 4.17. The number of rotatable bonds is 5. The van der Waals surface area contributed by atoms with Crippen LogP contribution < -0.4 is 10.1 Å². The first kappa shape index (κ1) is 22.1. The number of phenolic OH excluding ortho intramolecular Hbond substituents is 1. The Hall–Kier alpha value is -3.06. The van der Waals surface area contributed by atoms with E-state index in [4.69, 9.17) is 9.47 Å². The highest BCUT2D eigenvalue weighted by molar-refractivity contribution is 9.10. The van der Waals surface area contributed by atoms with Crippen molar-refractivity contribution in [1.29, 1.82) is 0 Å². The molecule has 0 amide bonds. The fraction of sp³-hybridized carbons (Fsp3) is 0.280. The third-order valence-corrected chi connectivity index (χ3v) is 6.50. The van der Waals surface area contributed by atoms with E-state index in [1.165, 1.54) is 7.11 Å². The topological polar surface area (TPSA) is 84.9 Å². The number of benzene rings is 2. The second-order valence-electron chi connectivity index (χ2n) is 7.92. The Labute approximate surface area is 195 Å². The maximum atomic E-state index is 13.3. The highest BCUT2D eigenvalue weighted by Crippen LogP contribution is 2.47. The van der Waals surface area contributed by atoms with Crippen molar-refractivity contribution in [1.82, 2.24) is 5.32 Å². The van der Waals surface area contributed by atoms with E-state index in [0.29, 0.717) is 34.1 Å². The van der Waals surface area contributed by atoms with Crippen LogP contribution in [0.25, 0.3) is 0 Å². The lowest BCUT2D eigenvalue weighted by molar-refractivity contribution is -0.149. The van der Waals surface area contributed by atoms with Gasteiger partial charge in [-0.25, -0.2) is 0 Å².